The number of aromatic nitrogens is 2. The summed E-state index contributed by atoms with van der Waals surface area (Å²) in [6, 6.07) is 2.38. The van der Waals surface area contributed by atoms with Gasteiger partial charge in [0.1, 0.15) is 0 Å². The first-order valence-electron chi connectivity index (χ1n) is 5.09. The summed E-state index contributed by atoms with van der Waals surface area (Å²) in [5, 5.41) is 15.0. The van der Waals surface area contributed by atoms with Crippen molar-refractivity contribution in [1.82, 2.24) is 15.5 Å². The average Bonchev–Trinajstić information content (AvgIpc) is 2.29. The summed E-state index contributed by atoms with van der Waals surface area (Å²) in [5.41, 5.74) is 1.08. The number of rotatable bonds is 0. The van der Waals surface area contributed by atoms with Crippen LogP contribution in [0.3, 0.4) is 0 Å². The smallest absolute Gasteiger partial charge is 0.172 e. The molecule has 5 nitrogen and oxygen atoms in total. The van der Waals surface area contributed by atoms with Gasteiger partial charge in [0, 0.05) is 32.2 Å². The molecule has 1 saturated heterocycles. The summed E-state index contributed by atoms with van der Waals surface area (Å²) >= 11 is 5.86. The fraction of sp³-hybridized carbons (Fsp3) is 0.556. The largest absolute Gasteiger partial charge is 0.365 e. The van der Waals surface area contributed by atoms with E-state index >= 15 is 0 Å². The van der Waals surface area contributed by atoms with Crippen LogP contribution in [0, 0.1) is 0 Å². The van der Waals surface area contributed by atoms with Crippen LogP contribution in [0.1, 0.15) is 0 Å². The van der Waals surface area contributed by atoms with Crippen molar-refractivity contribution < 1.29 is 0 Å². The van der Waals surface area contributed by atoms with Crippen molar-refractivity contribution in [2.75, 3.05) is 36.4 Å². The molecule has 1 aromatic rings. The number of nitrogens with zero attached hydrogens (tertiary/aromatic N) is 3. The molecule has 0 spiro atoms. The van der Waals surface area contributed by atoms with Crippen LogP contribution in [0.2, 0.25) is 5.15 Å². The Balaban J connectivity index is 0. The summed E-state index contributed by atoms with van der Waals surface area (Å²) in [6.07, 6.45) is 0. The van der Waals surface area contributed by atoms with Crippen LogP contribution < -0.4 is 15.5 Å². The van der Waals surface area contributed by atoms with Gasteiger partial charge in [-0.15, -0.1) is 59.8 Å². The molecule has 0 saturated carbocycles. The van der Waals surface area contributed by atoms with Crippen LogP contribution in [0.4, 0.5) is 11.5 Å². The topological polar surface area (TPSA) is 53.1 Å². The Kier molecular flexibility index (Phi) is 10.2. The van der Waals surface area contributed by atoms with Crippen molar-refractivity contribution in [2.24, 2.45) is 0 Å². The molecule has 112 valence electrons. The van der Waals surface area contributed by atoms with Gasteiger partial charge in [0.05, 0.1) is 11.7 Å². The normalized spacial score (nSPS) is 19.0. The molecule has 10 heteroatoms. The molecule has 2 aliphatic rings. The first kappa shape index (κ1) is 21.4. The van der Waals surface area contributed by atoms with Crippen LogP contribution in [-0.4, -0.2) is 42.4 Å². The molecule has 0 aliphatic carbocycles. The lowest BCUT2D eigenvalue weighted by molar-refractivity contribution is 0.480. The van der Waals surface area contributed by atoms with Gasteiger partial charge in [-0.3, -0.25) is 0 Å². The number of hydrogen-bond donors (Lipinski definition) is 2. The minimum atomic E-state index is 0. The second kappa shape index (κ2) is 9.10. The van der Waals surface area contributed by atoms with E-state index in [1.165, 1.54) is 0 Å². The predicted octanol–water partition coefficient (Wildman–Crippen LogP) is 2.02. The Bertz CT molecular complexity index is 393. The molecular formula is C9H16Cl5N5. The van der Waals surface area contributed by atoms with Crippen molar-refractivity contribution in [2.45, 2.75) is 6.04 Å². The van der Waals surface area contributed by atoms with Gasteiger partial charge in [0.2, 0.25) is 0 Å². The van der Waals surface area contributed by atoms with E-state index in [4.69, 9.17) is 11.6 Å². The maximum atomic E-state index is 5.86. The highest BCUT2D eigenvalue weighted by atomic mass is 35.5. The van der Waals surface area contributed by atoms with Gasteiger partial charge in [-0.2, -0.15) is 0 Å². The number of piperazine rings is 1. The van der Waals surface area contributed by atoms with E-state index in [-0.39, 0.29) is 49.6 Å². The van der Waals surface area contributed by atoms with Crippen LogP contribution in [-0.2, 0) is 0 Å². The lowest BCUT2D eigenvalue weighted by Crippen LogP contribution is -2.56. The minimum Gasteiger partial charge on any atom is -0.365 e. The molecule has 1 atom stereocenters. The summed E-state index contributed by atoms with van der Waals surface area (Å²) in [6.45, 7) is 3.93. The minimum absolute atomic E-state index is 0. The first-order chi connectivity index (χ1) is 7.34. The SMILES string of the molecule is Cl.Cl.Cl.Cl.Clc1cc2c(nn1)NC[C@H]1CNCCN21. The molecule has 0 unspecified atom stereocenters. The summed E-state index contributed by atoms with van der Waals surface area (Å²) in [7, 11) is 0. The summed E-state index contributed by atoms with van der Waals surface area (Å²) in [5.74, 6) is 0.845. The zero-order valence-corrected chi connectivity index (χ0v) is 13.9. The highest BCUT2D eigenvalue weighted by Crippen LogP contribution is 2.31. The van der Waals surface area contributed by atoms with Gasteiger partial charge < -0.3 is 15.5 Å². The summed E-state index contributed by atoms with van der Waals surface area (Å²) in [4.78, 5) is 2.35. The molecule has 1 fully saturated rings. The van der Waals surface area contributed by atoms with E-state index < -0.39 is 0 Å². The molecule has 3 heterocycles. The summed E-state index contributed by atoms with van der Waals surface area (Å²) < 4.78 is 0. The van der Waals surface area contributed by atoms with Crippen LogP contribution >= 0.6 is 61.2 Å². The Labute approximate surface area is 141 Å². The Hall–Kier alpha value is 0.0900. The van der Waals surface area contributed by atoms with Crippen molar-refractivity contribution >= 4 is 72.7 Å². The van der Waals surface area contributed by atoms with E-state index in [1.807, 2.05) is 6.07 Å². The second-order valence-corrected chi connectivity index (χ2v) is 4.22. The maximum Gasteiger partial charge on any atom is 0.172 e. The van der Waals surface area contributed by atoms with Crippen molar-refractivity contribution in [3.63, 3.8) is 0 Å². The number of anilines is 2. The Morgan fingerprint density at radius 2 is 1.89 bits per heavy atom. The molecular weight excluding hydrogens is 355 g/mol. The van der Waals surface area contributed by atoms with Gasteiger partial charge in [-0.25, -0.2) is 0 Å². The van der Waals surface area contributed by atoms with Crippen molar-refractivity contribution in [3.05, 3.63) is 11.2 Å². The lowest BCUT2D eigenvalue weighted by atomic mass is 10.1. The third-order valence-corrected chi connectivity index (χ3v) is 3.09. The highest BCUT2D eigenvalue weighted by molar-refractivity contribution is 6.29. The first-order valence-corrected chi connectivity index (χ1v) is 5.47. The number of hydrogen-bond acceptors (Lipinski definition) is 5. The fourth-order valence-corrected chi connectivity index (χ4v) is 2.32. The quantitative estimate of drug-likeness (QED) is 0.731. The zero-order valence-electron chi connectivity index (χ0n) is 9.84. The van der Waals surface area contributed by atoms with E-state index in [2.05, 4.69) is 25.7 Å². The predicted molar refractivity (Wildman–Crippen MR) is 88.5 cm³/mol. The Morgan fingerprint density at radius 1 is 1.16 bits per heavy atom. The molecule has 0 radical (unpaired) electrons. The van der Waals surface area contributed by atoms with E-state index in [0.717, 1.165) is 37.7 Å². The number of halogens is 5. The number of fused-ring (bicyclic) bond motifs is 3. The van der Waals surface area contributed by atoms with E-state index in [9.17, 15) is 0 Å². The standard InChI is InChI=1S/C9H12ClN5.4ClH/c10-8-3-7-9(14-13-8)12-5-6-4-11-1-2-15(6)7;;;;/h3,6,11H,1-2,4-5H2,(H,12,14);4*1H/t6-;;;;/m1..../s1. The molecule has 3 rings (SSSR count). The molecule has 19 heavy (non-hydrogen) atoms. The molecule has 1 aromatic heterocycles. The third kappa shape index (κ3) is 4.28. The van der Waals surface area contributed by atoms with Gasteiger partial charge in [0.15, 0.2) is 11.0 Å². The van der Waals surface area contributed by atoms with E-state index in [1.54, 1.807) is 0 Å². The van der Waals surface area contributed by atoms with Crippen LogP contribution in [0.15, 0.2) is 6.07 Å². The van der Waals surface area contributed by atoms with Gasteiger partial charge >= 0.3 is 0 Å². The second-order valence-electron chi connectivity index (χ2n) is 3.83. The average molecular weight is 372 g/mol. The lowest BCUT2D eigenvalue weighted by Gasteiger charge is -2.41. The van der Waals surface area contributed by atoms with Gasteiger partial charge in [-0.1, -0.05) is 11.6 Å². The zero-order chi connectivity index (χ0) is 10.3. The highest BCUT2D eigenvalue weighted by Gasteiger charge is 2.29. The van der Waals surface area contributed by atoms with Crippen molar-refractivity contribution in [3.8, 4) is 0 Å². The van der Waals surface area contributed by atoms with Gasteiger partial charge in [0.25, 0.3) is 0 Å². The van der Waals surface area contributed by atoms with Crippen LogP contribution in [0.5, 0.6) is 0 Å². The molecule has 0 aromatic carbocycles. The third-order valence-electron chi connectivity index (χ3n) is 2.91. The maximum absolute atomic E-state index is 5.86. The molecule has 0 amide bonds. The molecule has 0 bridgehead atoms. The molecule has 2 N–H and O–H groups in total. The van der Waals surface area contributed by atoms with Crippen LogP contribution in [0.25, 0.3) is 0 Å². The monoisotopic (exact) mass is 369 g/mol. The van der Waals surface area contributed by atoms with E-state index in [0.29, 0.717) is 11.2 Å². The number of nitrogens with one attached hydrogen (secondary N) is 2. The van der Waals surface area contributed by atoms with Gasteiger partial charge in [-0.05, 0) is 0 Å². The molecule has 2 aliphatic heterocycles. The Morgan fingerprint density at radius 3 is 2.63 bits per heavy atom. The van der Waals surface area contributed by atoms with Crippen molar-refractivity contribution in [1.29, 1.82) is 0 Å². The fourth-order valence-electron chi connectivity index (χ4n) is 2.18.